The summed E-state index contributed by atoms with van der Waals surface area (Å²) in [5.41, 5.74) is 2.21. The summed E-state index contributed by atoms with van der Waals surface area (Å²) in [6.07, 6.45) is 3.82. The van der Waals surface area contributed by atoms with Crippen molar-refractivity contribution in [3.05, 3.63) is 53.5 Å². The van der Waals surface area contributed by atoms with E-state index in [2.05, 4.69) is 16.0 Å². The molecule has 6 heteroatoms. The predicted molar refractivity (Wildman–Crippen MR) is 95.8 cm³/mol. The van der Waals surface area contributed by atoms with Gasteiger partial charge in [-0.05, 0) is 37.3 Å². The van der Waals surface area contributed by atoms with Gasteiger partial charge in [0.2, 0.25) is 5.88 Å². The van der Waals surface area contributed by atoms with Crippen molar-refractivity contribution in [1.29, 1.82) is 0 Å². The molecular formula is C20H23N3O3. The number of piperidine rings is 1. The van der Waals surface area contributed by atoms with Crippen LogP contribution in [0.25, 0.3) is 0 Å². The Morgan fingerprint density at radius 2 is 2.19 bits per heavy atom. The van der Waals surface area contributed by atoms with E-state index in [0.29, 0.717) is 24.9 Å². The molecule has 3 heterocycles. The van der Waals surface area contributed by atoms with E-state index in [4.69, 9.17) is 9.47 Å². The van der Waals surface area contributed by atoms with E-state index in [1.165, 1.54) is 5.56 Å². The first-order valence-corrected chi connectivity index (χ1v) is 9.15. The van der Waals surface area contributed by atoms with Gasteiger partial charge in [0.15, 0.2) is 6.10 Å². The lowest BCUT2D eigenvalue weighted by Gasteiger charge is -2.36. The normalized spacial score (nSPS) is 22.6. The van der Waals surface area contributed by atoms with E-state index in [0.717, 1.165) is 31.4 Å². The zero-order valence-corrected chi connectivity index (χ0v) is 14.9. The Labute approximate surface area is 153 Å². The van der Waals surface area contributed by atoms with Crippen LogP contribution in [0.5, 0.6) is 5.88 Å². The Kier molecular flexibility index (Phi) is 4.84. The third-order valence-electron chi connectivity index (χ3n) is 4.95. The van der Waals surface area contributed by atoms with Crippen LogP contribution in [-0.2, 0) is 16.0 Å². The van der Waals surface area contributed by atoms with Crippen molar-refractivity contribution >= 4 is 5.91 Å². The van der Waals surface area contributed by atoms with Crippen LogP contribution in [0.4, 0.5) is 0 Å². The van der Waals surface area contributed by atoms with Gasteiger partial charge in [-0.25, -0.2) is 4.98 Å². The number of nitrogens with zero attached hydrogens (tertiary/aromatic N) is 3. The van der Waals surface area contributed by atoms with Crippen LogP contribution in [-0.4, -0.2) is 46.6 Å². The Bertz CT molecular complexity index is 795. The van der Waals surface area contributed by atoms with Gasteiger partial charge in [-0.2, -0.15) is 4.98 Å². The molecule has 2 atom stereocenters. The number of likely N-dealkylation sites (tertiary alicyclic amines) is 1. The van der Waals surface area contributed by atoms with Crippen LogP contribution in [0.2, 0.25) is 0 Å². The summed E-state index contributed by atoms with van der Waals surface area (Å²) in [4.78, 5) is 23.3. The van der Waals surface area contributed by atoms with E-state index in [9.17, 15) is 4.79 Å². The first-order valence-electron chi connectivity index (χ1n) is 9.15. The summed E-state index contributed by atoms with van der Waals surface area (Å²) in [7, 11) is 0. The Balaban J connectivity index is 1.45. The summed E-state index contributed by atoms with van der Waals surface area (Å²) >= 11 is 0. The second-order valence-electron chi connectivity index (χ2n) is 6.81. The molecule has 2 aliphatic rings. The lowest BCUT2D eigenvalue weighted by Crippen LogP contribution is -2.47. The molecule has 2 unspecified atom stereocenters. The van der Waals surface area contributed by atoms with Crippen LogP contribution in [0, 0.1) is 6.92 Å². The second kappa shape index (κ2) is 7.41. The summed E-state index contributed by atoms with van der Waals surface area (Å²) in [5, 5.41) is 0. The minimum Gasteiger partial charge on any atom is -0.472 e. The van der Waals surface area contributed by atoms with E-state index < -0.39 is 6.10 Å². The third-order valence-corrected chi connectivity index (χ3v) is 4.95. The molecule has 0 saturated carbocycles. The van der Waals surface area contributed by atoms with Crippen molar-refractivity contribution in [2.24, 2.45) is 0 Å². The molecule has 1 aromatic heterocycles. The van der Waals surface area contributed by atoms with Crippen molar-refractivity contribution in [1.82, 2.24) is 14.9 Å². The number of ether oxygens (including phenoxy) is 2. The molecule has 0 bridgehead atoms. The standard InChI is InChI=1S/C20H23N3O3/c1-14-21-10-8-18(22-14)26-16-6-4-11-23(13-16)20(24)19-17-7-3-2-5-15(17)9-12-25-19/h2-3,5,7-8,10,16,19H,4,6,9,11-13H2,1H3. The lowest BCUT2D eigenvalue weighted by molar-refractivity contribution is -0.147. The van der Waals surface area contributed by atoms with Crippen molar-refractivity contribution in [2.45, 2.75) is 38.4 Å². The number of carbonyl (C=O) groups is 1. The van der Waals surface area contributed by atoms with Crippen molar-refractivity contribution < 1.29 is 14.3 Å². The maximum atomic E-state index is 13.1. The SMILES string of the molecule is Cc1nccc(OC2CCCN(C(=O)C3OCCc4ccccc43)C2)n1. The van der Waals surface area contributed by atoms with E-state index >= 15 is 0 Å². The number of hydrogen-bond donors (Lipinski definition) is 0. The minimum absolute atomic E-state index is 0.0318. The molecule has 2 aliphatic heterocycles. The number of amides is 1. The maximum Gasteiger partial charge on any atom is 0.256 e. The van der Waals surface area contributed by atoms with Crippen LogP contribution in [0.3, 0.4) is 0 Å². The summed E-state index contributed by atoms with van der Waals surface area (Å²) in [6, 6.07) is 9.82. The molecule has 136 valence electrons. The number of fused-ring (bicyclic) bond motifs is 1. The summed E-state index contributed by atoms with van der Waals surface area (Å²) in [6.45, 7) is 3.72. The number of aromatic nitrogens is 2. The molecule has 26 heavy (non-hydrogen) atoms. The van der Waals surface area contributed by atoms with Crippen LogP contribution in [0.1, 0.15) is 35.9 Å². The first kappa shape index (κ1) is 17.0. The molecule has 0 N–H and O–H groups in total. The van der Waals surface area contributed by atoms with Gasteiger partial charge in [0.25, 0.3) is 5.91 Å². The van der Waals surface area contributed by atoms with Crippen molar-refractivity contribution in [3.63, 3.8) is 0 Å². The van der Waals surface area contributed by atoms with E-state index in [1.807, 2.05) is 30.0 Å². The zero-order valence-electron chi connectivity index (χ0n) is 14.9. The average Bonchev–Trinajstić information content (AvgIpc) is 2.67. The highest BCUT2D eigenvalue weighted by atomic mass is 16.5. The minimum atomic E-state index is -0.500. The number of hydrogen-bond acceptors (Lipinski definition) is 5. The highest BCUT2D eigenvalue weighted by molar-refractivity contribution is 5.83. The Hall–Kier alpha value is -2.47. The fraction of sp³-hybridized carbons (Fsp3) is 0.450. The smallest absolute Gasteiger partial charge is 0.256 e. The topological polar surface area (TPSA) is 64.5 Å². The molecule has 0 radical (unpaired) electrons. The van der Waals surface area contributed by atoms with Gasteiger partial charge in [0.05, 0.1) is 13.2 Å². The number of rotatable bonds is 3. The fourth-order valence-corrected chi connectivity index (χ4v) is 3.67. The highest BCUT2D eigenvalue weighted by Crippen LogP contribution is 2.30. The van der Waals surface area contributed by atoms with Crippen molar-refractivity contribution in [2.75, 3.05) is 19.7 Å². The maximum absolute atomic E-state index is 13.1. The lowest BCUT2D eigenvalue weighted by atomic mass is 9.96. The quantitative estimate of drug-likeness (QED) is 0.848. The van der Waals surface area contributed by atoms with Crippen LogP contribution < -0.4 is 4.74 Å². The van der Waals surface area contributed by atoms with Gasteiger partial charge in [-0.1, -0.05) is 24.3 Å². The average molecular weight is 353 g/mol. The largest absolute Gasteiger partial charge is 0.472 e. The number of carbonyl (C=O) groups excluding carboxylic acids is 1. The van der Waals surface area contributed by atoms with Gasteiger partial charge in [-0.15, -0.1) is 0 Å². The summed E-state index contributed by atoms with van der Waals surface area (Å²) < 4.78 is 11.8. The highest BCUT2D eigenvalue weighted by Gasteiger charge is 2.34. The molecule has 0 aliphatic carbocycles. The second-order valence-corrected chi connectivity index (χ2v) is 6.81. The zero-order chi connectivity index (χ0) is 17.9. The molecule has 6 nitrogen and oxygen atoms in total. The Morgan fingerprint density at radius 1 is 1.31 bits per heavy atom. The van der Waals surface area contributed by atoms with E-state index in [1.54, 1.807) is 12.3 Å². The monoisotopic (exact) mass is 353 g/mol. The molecule has 4 rings (SSSR count). The molecule has 1 amide bonds. The fourth-order valence-electron chi connectivity index (χ4n) is 3.67. The third kappa shape index (κ3) is 3.55. The number of benzene rings is 1. The van der Waals surface area contributed by atoms with E-state index in [-0.39, 0.29) is 12.0 Å². The Morgan fingerprint density at radius 3 is 3.08 bits per heavy atom. The molecule has 2 aromatic rings. The molecule has 0 spiro atoms. The number of aryl methyl sites for hydroxylation is 1. The molecular weight excluding hydrogens is 330 g/mol. The van der Waals surface area contributed by atoms with Gasteiger partial charge < -0.3 is 14.4 Å². The van der Waals surface area contributed by atoms with Gasteiger partial charge in [0.1, 0.15) is 11.9 Å². The molecule has 1 saturated heterocycles. The van der Waals surface area contributed by atoms with Crippen molar-refractivity contribution in [3.8, 4) is 5.88 Å². The first-order chi connectivity index (χ1) is 12.7. The van der Waals surface area contributed by atoms with Crippen LogP contribution in [0.15, 0.2) is 36.5 Å². The van der Waals surface area contributed by atoms with Crippen LogP contribution >= 0.6 is 0 Å². The predicted octanol–water partition coefficient (Wildman–Crippen LogP) is 2.47. The molecule has 1 fully saturated rings. The van der Waals surface area contributed by atoms with Gasteiger partial charge >= 0.3 is 0 Å². The van der Waals surface area contributed by atoms with Gasteiger partial charge in [-0.3, -0.25) is 4.79 Å². The summed E-state index contributed by atoms with van der Waals surface area (Å²) in [5.74, 6) is 1.28. The molecule has 1 aromatic carbocycles. The van der Waals surface area contributed by atoms with Gasteiger partial charge in [0, 0.05) is 18.8 Å².